The molecule has 8 heteroatoms. The Labute approximate surface area is 153 Å². The van der Waals surface area contributed by atoms with Crippen LogP contribution in [-0.2, 0) is 4.79 Å². The van der Waals surface area contributed by atoms with Gasteiger partial charge in [0, 0.05) is 19.0 Å². The molecule has 0 bridgehead atoms. The van der Waals surface area contributed by atoms with Gasteiger partial charge in [0.1, 0.15) is 5.75 Å². The molecule has 0 spiro atoms. The second kappa shape index (κ2) is 8.27. The number of amides is 2. The molecule has 0 aliphatic carbocycles. The number of rotatable bonds is 5. The summed E-state index contributed by atoms with van der Waals surface area (Å²) in [5, 5.41) is 4.51. The van der Waals surface area contributed by atoms with Crippen LogP contribution in [0.3, 0.4) is 0 Å². The Morgan fingerprint density at radius 3 is 2.54 bits per heavy atom. The quantitative estimate of drug-likeness (QED) is 0.857. The van der Waals surface area contributed by atoms with E-state index in [1.165, 1.54) is 23.5 Å². The van der Waals surface area contributed by atoms with Crippen molar-refractivity contribution in [1.82, 2.24) is 4.90 Å². The van der Waals surface area contributed by atoms with Crippen LogP contribution in [0.4, 0.5) is 14.5 Å². The summed E-state index contributed by atoms with van der Waals surface area (Å²) >= 11 is 1.39. The fourth-order valence-electron chi connectivity index (χ4n) is 2.90. The molecule has 0 radical (unpaired) electrons. The number of hydrogen-bond acceptors (Lipinski definition) is 4. The third-order valence-electron chi connectivity index (χ3n) is 4.25. The number of piperidine rings is 1. The predicted molar refractivity (Wildman–Crippen MR) is 94.7 cm³/mol. The Kier molecular flexibility index (Phi) is 5.82. The van der Waals surface area contributed by atoms with Gasteiger partial charge in [-0.1, -0.05) is 18.2 Å². The number of ether oxygens (including phenoxy) is 1. The molecule has 3 rings (SSSR count). The average molecular weight is 380 g/mol. The van der Waals surface area contributed by atoms with Crippen LogP contribution in [0.1, 0.15) is 22.5 Å². The molecule has 1 N–H and O–H groups in total. The van der Waals surface area contributed by atoms with E-state index in [2.05, 4.69) is 10.1 Å². The van der Waals surface area contributed by atoms with Crippen LogP contribution < -0.4 is 10.1 Å². The highest BCUT2D eigenvalue weighted by molar-refractivity contribution is 7.12. The van der Waals surface area contributed by atoms with E-state index in [0.717, 1.165) is 0 Å². The van der Waals surface area contributed by atoms with E-state index in [9.17, 15) is 18.4 Å². The van der Waals surface area contributed by atoms with E-state index in [0.29, 0.717) is 30.8 Å². The van der Waals surface area contributed by atoms with Crippen molar-refractivity contribution >= 4 is 28.8 Å². The lowest BCUT2D eigenvalue weighted by Gasteiger charge is -2.31. The van der Waals surface area contributed by atoms with Crippen molar-refractivity contribution in [2.75, 3.05) is 18.4 Å². The van der Waals surface area contributed by atoms with Gasteiger partial charge in [0.15, 0.2) is 0 Å². The molecule has 0 saturated carbocycles. The lowest BCUT2D eigenvalue weighted by Crippen LogP contribution is -2.41. The van der Waals surface area contributed by atoms with Gasteiger partial charge in [-0.15, -0.1) is 11.3 Å². The van der Waals surface area contributed by atoms with E-state index in [1.54, 1.807) is 23.1 Å². The molecule has 0 unspecified atom stereocenters. The van der Waals surface area contributed by atoms with Crippen LogP contribution in [0.5, 0.6) is 5.75 Å². The van der Waals surface area contributed by atoms with Crippen molar-refractivity contribution in [3.8, 4) is 5.75 Å². The van der Waals surface area contributed by atoms with Crippen molar-refractivity contribution < 1.29 is 23.1 Å². The number of halogens is 2. The van der Waals surface area contributed by atoms with Crippen molar-refractivity contribution in [1.29, 1.82) is 0 Å². The third-order valence-corrected chi connectivity index (χ3v) is 5.10. The molecule has 2 aromatic rings. The van der Waals surface area contributed by atoms with Crippen LogP contribution in [0.25, 0.3) is 0 Å². The van der Waals surface area contributed by atoms with Crippen molar-refractivity contribution in [3.63, 3.8) is 0 Å². The summed E-state index contributed by atoms with van der Waals surface area (Å²) in [6.45, 7) is -1.98. The number of nitrogens with zero attached hydrogens (tertiary/aromatic N) is 1. The van der Waals surface area contributed by atoms with Gasteiger partial charge in [-0.25, -0.2) is 0 Å². The van der Waals surface area contributed by atoms with Gasteiger partial charge in [-0.05, 0) is 36.4 Å². The normalized spacial score (nSPS) is 15.1. The van der Waals surface area contributed by atoms with Crippen LogP contribution >= 0.6 is 11.3 Å². The SMILES string of the molecule is O=C(Nc1ccccc1OC(F)F)C1CCN(C(=O)c2cccs2)CC1. The first-order valence-corrected chi connectivity index (χ1v) is 9.10. The Morgan fingerprint density at radius 2 is 1.88 bits per heavy atom. The molecule has 1 fully saturated rings. The first-order valence-electron chi connectivity index (χ1n) is 8.22. The topological polar surface area (TPSA) is 58.6 Å². The molecule has 0 atom stereocenters. The van der Waals surface area contributed by atoms with Crippen molar-refractivity contribution in [3.05, 3.63) is 46.7 Å². The molecule has 1 aromatic carbocycles. The van der Waals surface area contributed by atoms with Gasteiger partial charge in [0.05, 0.1) is 10.6 Å². The maximum absolute atomic E-state index is 12.5. The summed E-state index contributed by atoms with van der Waals surface area (Å²) in [6, 6.07) is 9.70. The first kappa shape index (κ1) is 18.3. The van der Waals surface area contributed by atoms with E-state index in [4.69, 9.17) is 0 Å². The zero-order chi connectivity index (χ0) is 18.5. The van der Waals surface area contributed by atoms with Gasteiger partial charge in [-0.3, -0.25) is 9.59 Å². The molecule has 1 aromatic heterocycles. The molecule has 26 heavy (non-hydrogen) atoms. The van der Waals surface area contributed by atoms with E-state index >= 15 is 0 Å². The zero-order valence-electron chi connectivity index (χ0n) is 13.9. The molecule has 5 nitrogen and oxygen atoms in total. The summed E-state index contributed by atoms with van der Waals surface area (Å²) in [5.41, 5.74) is 0.217. The summed E-state index contributed by atoms with van der Waals surface area (Å²) < 4.78 is 29.3. The molecular weight excluding hydrogens is 362 g/mol. The zero-order valence-corrected chi connectivity index (χ0v) is 14.7. The number of nitrogens with one attached hydrogen (secondary N) is 1. The molecular formula is C18H18F2N2O3S. The number of anilines is 1. The largest absolute Gasteiger partial charge is 0.433 e. The fourth-order valence-corrected chi connectivity index (χ4v) is 3.60. The minimum absolute atomic E-state index is 0.0189. The second-order valence-corrected chi connectivity index (χ2v) is 6.86. The number of likely N-dealkylation sites (tertiary alicyclic amines) is 1. The Hall–Kier alpha value is -2.48. The standard InChI is InChI=1S/C18H18F2N2O3S/c19-18(20)25-14-5-2-1-4-13(14)21-16(23)12-7-9-22(10-8-12)17(24)15-6-3-11-26-15/h1-6,11-12,18H,7-10H2,(H,21,23). The summed E-state index contributed by atoms with van der Waals surface area (Å²) in [5.74, 6) is -0.615. The molecule has 2 amide bonds. The fraction of sp³-hybridized carbons (Fsp3) is 0.333. The van der Waals surface area contributed by atoms with Crippen LogP contribution in [0, 0.1) is 5.92 Å². The monoisotopic (exact) mass is 380 g/mol. The number of thiophene rings is 1. The molecule has 1 aliphatic heterocycles. The van der Waals surface area contributed by atoms with Crippen molar-refractivity contribution in [2.24, 2.45) is 5.92 Å². The minimum Gasteiger partial charge on any atom is -0.433 e. The highest BCUT2D eigenvalue weighted by Gasteiger charge is 2.28. The van der Waals surface area contributed by atoms with Gasteiger partial charge in [0.25, 0.3) is 5.91 Å². The van der Waals surface area contributed by atoms with Gasteiger partial charge < -0.3 is 15.0 Å². The Balaban J connectivity index is 1.57. The van der Waals surface area contributed by atoms with Gasteiger partial charge in [0.2, 0.25) is 5.91 Å². The molecule has 138 valence electrons. The lowest BCUT2D eigenvalue weighted by molar-refractivity contribution is -0.121. The smallest absolute Gasteiger partial charge is 0.387 e. The second-order valence-electron chi connectivity index (χ2n) is 5.91. The predicted octanol–water partition coefficient (Wildman–Crippen LogP) is 3.84. The Bertz CT molecular complexity index is 760. The number of hydrogen-bond donors (Lipinski definition) is 1. The van der Waals surface area contributed by atoms with Gasteiger partial charge >= 0.3 is 6.61 Å². The maximum atomic E-state index is 12.5. The van der Waals surface area contributed by atoms with E-state index < -0.39 is 6.61 Å². The summed E-state index contributed by atoms with van der Waals surface area (Å²) in [6.07, 6.45) is 1.06. The maximum Gasteiger partial charge on any atom is 0.387 e. The van der Waals surface area contributed by atoms with E-state index in [-0.39, 0.29) is 29.2 Å². The number of alkyl halides is 2. The average Bonchev–Trinajstić information content (AvgIpc) is 3.17. The molecule has 2 heterocycles. The summed E-state index contributed by atoms with van der Waals surface area (Å²) in [4.78, 5) is 27.2. The lowest BCUT2D eigenvalue weighted by atomic mass is 9.95. The molecule has 1 aliphatic rings. The number of benzene rings is 1. The van der Waals surface area contributed by atoms with Gasteiger partial charge in [-0.2, -0.15) is 8.78 Å². The summed E-state index contributed by atoms with van der Waals surface area (Å²) in [7, 11) is 0. The van der Waals surface area contributed by atoms with E-state index in [1.807, 2.05) is 11.4 Å². The minimum atomic E-state index is -2.96. The van der Waals surface area contributed by atoms with Crippen LogP contribution in [0.15, 0.2) is 41.8 Å². The number of para-hydroxylation sites is 2. The Morgan fingerprint density at radius 1 is 1.15 bits per heavy atom. The molecule has 1 saturated heterocycles. The third kappa shape index (κ3) is 4.37. The van der Waals surface area contributed by atoms with Crippen molar-refractivity contribution in [2.45, 2.75) is 19.5 Å². The first-order chi connectivity index (χ1) is 12.5. The number of carbonyl (C=O) groups excluding carboxylic acids is 2. The number of carbonyl (C=O) groups is 2. The highest BCUT2D eigenvalue weighted by atomic mass is 32.1. The van der Waals surface area contributed by atoms with Crippen LogP contribution in [0.2, 0.25) is 0 Å². The van der Waals surface area contributed by atoms with Crippen LogP contribution in [-0.4, -0.2) is 36.4 Å². The highest BCUT2D eigenvalue weighted by Crippen LogP contribution is 2.28.